The maximum Gasteiger partial charge on any atom is 0.472 e. The van der Waals surface area contributed by atoms with E-state index in [-0.39, 0.29) is 19.4 Å². The van der Waals surface area contributed by atoms with Crippen molar-refractivity contribution in [3.8, 4) is 0 Å². The summed E-state index contributed by atoms with van der Waals surface area (Å²) < 4.78 is 32.8. The second-order valence-electron chi connectivity index (χ2n) is 16.2. The molecule has 0 amide bonds. The third-order valence-electron chi connectivity index (χ3n) is 10.3. The largest absolute Gasteiger partial charge is 0.480 e. The van der Waals surface area contributed by atoms with Gasteiger partial charge in [-0.05, 0) is 51.4 Å². The molecule has 0 bridgehead atoms. The predicted octanol–water partition coefficient (Wildman–Crippen LogP) is 13.3. The molecule has 0 radical (unpaired) electrons. The van der Waals surface area contributed by atoms with Crippen LogP contribution in [0, 0.1) is 0 Å². The van der Waals surface area contributed by atoms with Gasteiger partial charge in [0.15, 0.2) is 6.10 Å². The van der Waals surface area contributed by atoms with Crippen molar-refractivity contribution in [3.05, 3.63) is 48.6 Å². The average Bonchev–Trinajstić information content (AvgIpc) is 3.24. The van der Waals surface area contributed by atoms with E-state index in [1.54, 1.807) is 0 Å². The number of phosphoric ester groups is 1. The summed E-state index contributed by atoms with van der Waals surface area (Å²) in [4.78, 5) is 46.1. The topological polar surface area (TPSA) is 172 Å². The molecule has 3 atom stereocenters. The standard InChI is InChI=1S/C49H88NO10P/c1-3-5-7-9-11-13-15-17-19-21-23-25-27-29-31-33-35-37-39-41-48(52)60-45(43-58-61(55,56)59-44-46(50)49(53)54)42-57-47(51)40-38-36-34-32-30-28-26-24-22-20-18-16-14-12-10-8-6-4-2/h5,7,11,13,17,19,23,25,45-46H,3-4,6,8-10,12,14-16,18,20-22,24,26-44,50H2,1-2H3,(H,53,54)(H,55,56)/b7-5-,13-11-,19-17-,25-23-. The lowest BCUT2D eigenvalue weighted by atomic mass is 10.0. The Morgan fingerprint density at radius 2 is 0.918 bits per heavy atom. The van der Waals surface area contributed by atoms with E-state index in [4.69, 9.17) is 24.8 Å². The third kappa shape index (κ3) is 43.9. The number of phosphoric acid groups is 1. The maximum absolute atomic E-state index is 12.7. The summed E-state index contributed by atoms with van der Waals surface area (Å²) in [6.45, 7) is 2.70. The van der Waals surface area contributed by atoms with Crippen LogP contribution in [0.15, 0.2) is 48.6 Å². The van der Waals surface area contributed by atoms with Crippen molar-refractivity contribution in [2.45, 2.75) is 225 Å². The van der Waals surface area contributed by atoms with Gasteiger partial charge in [-0.15, -0.1) is 0 Å². The fourth-order valence-corrected chi connectivity index (χ4v) is 7.36. The second kappa shape index (κ2) is 44.1. The molecule has 4 N–H and O–H groups in total. The number of carboxylic acid groups (broad SMARTS) is 1. The number of hydrogen-bond donors (Lipinski definition) is 3. The molecule has 0 saturated heterocycles. The van der Waals surface area contributed by atoms with Gasteiger partial charge in [0.1, 0.15) is 12.6 Å². The summed E-state index contributed by atoms with van der Waals surface area (Å²) in [6.07, 6.45) is 50.2. The Labute approximate surface area is 371 Å². The minimum absolute atomic E-state index is 0.145. The molecule has 61 heavy (non-hydrogen) atoms. The highest BCUT2D eigenvalue weighted by Gasteiger charge is 2.28. The van der Waals surface area contributed by atoms with Crippen molar-refractivity contribution in [2.24, 2.45) is 5.73 Å². The monoisotopic (exact) mass is 882 g/mol. The van der Waals surface area contributed by atoms with Crippen molar-refractivity contribution in [3.63, 3.8) is 0 Å². The molecule has 0 aliphatic rings. The average molecular weight is 882 g/mol. The van der Waals surface area contributed by atoms with Crippen LogP contribution in [0.4, 0.5) is 0 Å². The summed E-state index contributed by atoms with van der Waals surface area (Å²) in [5, 5.41) is 8.91. The number of carboxylic acids is 1. The zero-order valence-electron chi connectivity index (χ0n) is 38.5. The first-order valence-electron chi connectivity index (χ1n) is 24.2. The van der Waals surface area contributed by atoms with E-state index < -0.39 is 51.1 Å². The molecular weight excluding hydrogens is 794 g/mol. The highest BCUT2D eigenvalue weighted by molar-refractivity contribution is 7.47. The van der Waals surface area contributed by atoms with Gasteiger partial charge in [0.25, 0.3) is 0 Å². The van der Waals surface area contributed by atoms with Crippen molar-refractivity contribution >= 4 is 25.7 Å². The summed E-state index contributed by atoms with van der Waals surface area (Å²) in [7, 11) is -4.72. The Bertz CT molecular complexity index is 1220. The molecule has 0 saturated carbocycles. The van der Waals surface area contributed by atoms with Gasteiger partial charge in [-0.3, -0.25) is 23.4 Å². The minimum atomic E-state index is -4.72. The lowest BCUT2D eigenvalue weighted by molar-refractivity contribution is -0.161. The van der Waals surface area contributed by atoms with Crippen LogP contribution in [0.5, 0.6) is 0 Å². The van der Waals surface area contributed by atoms with Gasteiger partial charge in [0.05, 0.1) is 13.2 Å². The van der Waals surface area contributed by atoms with Crippen LogP contribution in [0.2, 0.25) is 0 Å². The number of aliphatic carboxylic acids is 1. The number of ether oxygens (including phenoxy) is 2. The number of carbonyl (C=O) groups is 3. The van der Waals surface area contributed by atoms with E-state index in [2.05, 4.69) is 67.0 Å². The molecule has 0 heterocycles. The molecule has 12 heteroatoms. The molecule has 0 aromatic heterocycles. The highest BCUT2D eigenvalue weighted by Crippen LogP contribution is 2.43. The molecule has 354 valence electrons. The van der Waals surface area contributed by atoms with Gasteiger partial charge in [0, 0.05) is 12.8 Å². The number of rotatable bonds is 45. The number of esters is 2. The molecule has 0 fully saturated rings. The third-order valence-corrected chi connectivity index (χ3v) is 11.3. The SMILES string of the molecule is CC/C=C\C/C=C\C/C=C\C/C=C\CCCCCCCCC(=O)OC(COC(=O)CCCCCCCCCCCCCCCCCCCC)COP(=O)(O)OCC(N)C(=O)O. The first kappa shape index (κ1) is 58.4. The summed E-state index contributed by atoms with van der Waals surface area (Å²) in [5.74, 6) is -2.39. The molecule has 0 spiro atoms. The lowest BCUT2D eigenvalue weighted by Crippen LogP contribution is -2.34. The zero-order chi connectivity index (χ0) is 44.9. The van der Waals surface area contributed by atoms with E-state index in [1.165, 1.54) is 89.9 Å². The Morgan fingerprint density at radius 1 is 0.525 bits per heavy atom. The van der Waals surface area contributed by atoms with E-state index in [9.17, 15) is 23.8 Å². The molecule has 0 rings (SSSR count). The van der Waals surface area contributed by atoms with Gasteiger partial charge in [0.2, 0.25) is 0 Å². The zero-order valence-corrected chi connectivity index (χ0v) is 39.4. The normalized spacial score (nSPS) is 14.0. The number of carbonyl (C=O) groups excluding carboxylic acids is 2. The quantitative estimate of drug-likeness (QED) is 0.0230. The predicted molar refractivity (Wildman–Crippen MR) is 249 cm³/mol. The highest BCUT2D eigenvalue weighted by atomic mass is 31.2. The summed E-state index contributed by atoms with van der Waals surface area (Å²) in [5.41, 5.74) is 5.34. The van der Waals surface area contributed by atoms with Gasteiger partial charge >= 0.3 is 25.7 Å². The van der Waals surface area contributed by atoms with Crippen molar-refractivity contribution < 1.29 is 47.5 Å². The molecular formula is C49H88NO10P. The van der Waals surface area contributed by atoms with E-state index in [0.717, 1.165) is 83.5 Å². The van der Waals surface area contributed by atoms with E-state index >= 15 is 0 Å². The summed E-state index contributed by atoms with van der Waals surface area (Å²) >= 11 is 0. The first-order chi connectivity index (χ1) is 29.6. The van der Waals surface area contributed by atoms with Gasteiger partial charge < -0.3 is 25.2 Å². The molecule has 0 aliphatic heterocycles. The molecule has 3 unspecified atom stereocenters. The van der Waals surface area contributed by atoms with Crippen LogP contribution in [-0.2, 0) is 37.5 Å². The molecule has 0 aromatic rings. The number of nitrogens with two attached hydrogens (primary N) is 1. The van der Waals surface area contributed by atoms with Crippen molar-refractivity contribution in [1.29, 1.82) is 0 Å². The van der Waals surface area contributed by atoms with Crippen molar-refractivity contribution in [2.75, 3.05) is 19.8 Å². The number of unbranched alkanes of at least 4 members (excludes halogenated alkanes) is 23. The summed E-state index contributed by atoms with van der Waals surface area (Å²) in [6, 6.07) is -1.52. The van der Waals surface area contributed by atoms with Gasteiger partial charge in [-0.25, -0.2) is 4.57 Å². The fourth-order valence-electron chi connectivity index (χ4n) is 6.59. The second-order valence-corrected chi connectivity index (χ2v) is 17.7. The molecule has 11 nitrogen and oxygen atoms in total. The van der Waals surface area contributed by atoms with Crippen LogP contribution >= 0.6 is 7.82 Å². The molecule has 0 aromatic carbocycles. The fraction of sp³-hybridized carbons (Fsp3) is 0.776. The van der Waals surface area contributed by atoms with E-state index in [0.29, 0.717) is 12.8 Å². The van der Waals surface area contributed by atoms with E-state index in [1.807, 2.05) is 0 Å². The Morgan fingerprint density at radius 3 is 1.38 bits per heavy atom. The minimum Gasteiger partial charge on any atom is -0.480 e. The molecule has 0 aliphatic carbocycles. The Balaban J connectivity index is 4.30. The first-order valence-corrected chi connectivity index (χ1v) is 25.7. The van der Waals surface area contributed by atoms with Crippen LogP contribution in [0.1, 0.15) is 213 Å². The van der Waals surface area contributed by atoms with Gasteiger partial charge in [-0.2, -0.15) is 0 Å². The van der Waals surface area contributed by atoms with Crippen LogP contribution < -0.4 is 5.73 Å². The van der Waals surface area contributed by atoms with Crippen LogP contribution in [-0.4, -0.2) is 59.9 Å². The number of allylic oxidation sites excluding steroid dienone is 8. The number of hydrogen-bond acceptors (Lipinski definition) is 9. The Kier molecular flexibility index (Phi) is 42.2. The van der Waals surface area contributed by atoms with Crippen LogP contribution in [0.25, 0.3) is 0 Å². The van der Waals surface area contributed by atoms with Crippen molar-refractivity contribution in [1.82, 2.24) is 0 Å². The maximum atomic E-state index is 12.7. The van der Waals surface area contributed by atoms with Crippen LogP contribution in [0.3, 0.4) is 0 Å². The Hall–Kier alpha value is -2.56. The lowest BCUT2D eigenvalue weighted by Gasteiger charge is -2.20. The smallest absolute Gasteiger partial charge is 0.472 e. The van der Waals surface area contributed by atoms with Gasteiger partial charge in [-0.1, -0.05) is 197 Å².